The molecule has 5 nitrogen and oxygen atoms in total. The lowest BCUT2D eigenvalue weighted by atomic mass is 9.94. The molecule has 2 aliphatic rings. The van der Waals surface area contributed by atoms with Gasteiger partial charge in [0.2, 0.25) is 10.0 Å². The second-order valence-electron chi connectivity index (χ2n) is 8.59. The number of thiophene rings is 1. The van der Waals surface area contributed by atoms with Crippen molar-refractivity contribution >= 4 is 27.3 Å². The average molecular weight is 433 g/mol. The highest BCUT2D eigenvalue weighted by atomic mass is 32.2. The molecule has 156 valence electrons. The van der Waals surface area contributed by atoms with Crippen LogP contribution in [0.4, 0.5) is 0 Å². The van der Waals surface area contributed by atoms with E-state index < -0.39 is 10.0 Å². The van der Waals surface area contributed by atoms with E-state index in [1.54, 1.807) is 39.9 Å². The maximum absolute atomic E-state index is 13.1. The Morgan fingerprint density at radius 2 is 1.76 bits per heavy atom. The lowest BCUT2D eigenvalue weighted by Gasteiger charge is -2.34. The zero-order chi connectivity index (χ0) is 20.6. The first-order valence-electron chi connectivity index (χ1n) is 10.3. The lowest BCUT2D eigenvalue weighted by molar-refractivity contribution is 0.0730. The third kappa shape index (κ3) is 4.57. The van der Waals surface area contributed by atoms with E-state index in [1.807, 2.05) is 16.3 Å². The van der Waals surface area contributed by atoms with Crippen LogP contribution in [0.2, 0.25) is 0 Å². The molecule has 1 amide bonds. The van der Waals surface area contributed by atoms with Crippen molar-refractivity contribution in [2.45, 2.75) is 50.6 Å². The van der Waals surface area contributed by atoms with Gasteiger partial charge in [0.1, 0.15) is 0 Å². The third-order valence-corrected chi connectivity index (χ3v) is 8.33. The Labute approximate surface area is 177 Å². The zero-order valence-electron chi connectivity index (χ0n) is 17.0. The van der Waals surface area contributed by atoms with Crippen LogP contribution in [0.15, 0.2) is 46.0 Å². The molecule has 7 heteroatoms. The Kier molecular flexibility index (Phi) is 5.82. The van der Waals surface area contributed by atoms with Gasteiger partial charge in [0.15, 0.2) is 0 Å². The minimum absolute atomic E-state index is 0.0251. The molecule has 2 fully saturated rings. The Balaban J connectivity index is 1.51. The van der Waals surface area contributed by atoms with Gasteiger partial charge in [0.25, 0.3) is 5.91 Å². The average Bonchev–Trinajstić information content (AvgIpc) is 3.40. The van der Waals surface area contributed by atoms with Gasteiger partial charge in [-0.1, -0.05) is 13.8 Å². The van der Waals surface area contributed by atoms with Gasteiger partial charge in [-0.2, -0.15) is 15.6 Å². The molecule has 2 atom stereocenters. The molecule has 1 aliphatic heterocycles. The number of hydrogen-bond acceptors (Lipinski definition) is 4. The molecule has 2 aromatic rings. The van der Waals surface area contributed by atoms with Gasteiger partial charge < -0.3 is 4.90 Å². The Hall–Kier alpha value is -1.70. The summed E-state index contributed by atoms with van der Waals surface area (Å²) in [5.74, 6) is 0.694. The molecule has 4 rings (SSSR count). The van der Waals surface area contributed by atoms with Gasteiger partial charge >= 0.3 is 0 Å². The minimum Gasteiger partial charge on any atom is -0.331 e. The van der Waals surface area contributed by atoms with E-state index in [4.69, 9.17) is 0 Å². The van der Waals surface area contributed by atoms with Crippen LogP contribution in [0.3, 0.4) is 0 Å². The highest BCUT2D eigenvalue weighted by molar-refractivity contribution is 7.89. The van der Waals surface area contributed by atoms with Gasteiger partial charge in [0, 0.05) is 31.2 Å². The van der Waals surface area contributed by atoms with Crippen LogP contribution in [0.1, 0.15) is 49.0 Å². The van der Waals surface area contributed by atoms with Crippen LogP contribution in [0.25, 0.3) is 0 Å². The normalized spacial score (nSPS) is 23.1. The summed E-state index contributed by atoms with van der Waals surface area (Å²) in [4.78, 5) is 15.3. The monoisotopic (exact) mass is 432 g/mol. The van der Waals surface area contributed by atoms with E-state index in [-0.39, 0.29) is 10.8 Å². The summed E-state index contributed by atoms with van der Waals surface area (Å²) in [7, 11) is -3.53. The smallest absolute Gasteiger partial charge is 0.254 e. The van der Waals surface area contributed by atoms with Crippen LogP contribution in [-0.4, -0.2) is 42.7 Å². The van der Waals surface area contributed by atoms with Crippen molar-refractivity contribution in [1.82, 2.24) is 9.21 Å². The van der Waals surface area contributed by atoms with Gasteiger partial charge in [-0.15, -0.1) is 0 Å². The predicted octanol–water partition coefficient (Wildman–Crippen LogP) is 4.22. The van der Waals surface area contributed by atoms with Crippen molar-refractivity contribution in [3.63, 3.8) is 0 Å². The van der Waals surface area contributed by atoms with Crippen molar-refractivity contribution in [2.24, 2.45) is 11.8 Å². The molecular formula is C22H28N2O3S2. The number of nitrogens with zero attached hydrogens (tertiary/aromatic N) is 2. The molecule has 1 aromatic carbocycles. The van der Waals surface area contributed by atoms with E-state index in [1.165, 1.54) is 0 Å². The van der Waals surface area contributed by atoms with Crippen molar-refractivity contribution in [1.29, 1.82) is 0 Å². The molecule has 2 unspecified atom stereocenters. The lowest BCUT2D eigenvalue weighted by Crippen LogP contribution is -2.42. The summed E-state index contributed by atoms with van der Waals surface area (Å²) < 4.78 is 27.7. The summed E-state index contributed by atoms with van der Waals surface area (Å²) in [5, 5.41) is 4.09. The number of carbonyl (C=O) groups is 1. The number of rotatable bonds is 6. The van der Waals surface area contributed by atoms with Crippen molar-refractivity contribution in [2.75, 3.05) is 13.1 Å². The predicted molar refractivity (Wildman–Crippen MR) is 115 cm³/mol. The first-order chi connectivity index (χ1) is 13.8. The molecule has 29 heavy (non-hydrogen) atoms. The summed E-state index contributed by atoms with van der Waals surface area (Å²) in [6.07, 6.45) is 3.13. The fraction of sp³-hybridized carbons (Fsp3) is 0.500. The molecule has 2 heterocycles. The molecule has 0 bridgehead atoms. The van der Waals surface area contributed by atoms with Crippen LogP contribution >= 0.6 is 11.3 Å². The first-order valence-corrected chi connectivity index (χ1v) is 12.6. The van der Waals surface area contributed by atoms with Crippen molar-refractivity contribution in [3.8, 4) is 0 Å². The molecule has 1 saturated heterocycles. The van der Waals surface area contributed by atoms with Crippen molar-refractivity contribution in [3.05, 3.63) is 52.2 Å². The van der Waals surface area contributed by atoms with Gasteiger partial charge in [0.05, 0.1) is 4.90 Å². The maximum atomic E-state index is 13.1. The molecule has 0 radical (unpaired) electrons. The van der Waals surface area contributed by atoms with E-state index in [9.17, 15) is 13.2 Å². The number of benzene rings is 1. The minimum atomic E-state index is -3.53. The Bertz CT molecular complexity index is 940. The fourth-order valence-electron chi connectivity index (χ4n) is 4.22. The summed E-state index contributed by atoms with van der Waals surface area (Å²) in [6, 6.07) is 8.83. The van der Waals surface area contributed by atoms with E-state index in [0.29, 0.717) is 43.1 Å². The highest BCUT2D eigenvalue weighted by Crippen LogP contribution is 2.31. The summed E-state index contributed by atoms with van der Waals surface area (Å²) in [5.41, 5.74) is 1.69. The number of hydrogen-bond donors (Lipinski definition) is 0. The van der Waals surface area contributed by atoms with Crippen LogP contribution in [0, 0.1) is 11.8 Å². The number of sulfonamides is 1. The van der Waals surface area contributed by atoms with E-state index >= 15 is 0 Å². The second kappa shape index (κ2) is 8.20. The molecule has 0 N–H and O–H groups in total. The standard InChI is InChI=1S/C22H28N2O3S2/c1-16-11-17(2)13-23(12-16)29(26,27)21-7-3-19(4-8-21)22(25)24(20-5-6-20)14-18-9-10-28-15-18/h3-4,7-10,15-17,20H,5-6,11-14H2,1-2H3. The van der Waals surface area contributed by atoms with Crippen LogP contribution in [-0.2, 0) is 16.6 Å². The van der Waals surface area contributed by atoms with E-state index in [0.717, 1.165) is 24.8 Å². The van der Waals surface area contributed by atoms with Crippen molar-refractivity contribution < 1.29 is 13.2 Å². The third-order valence-electron chi connectivity index (χ3n) is 5.76. The summed E-state index contributed by atoms with van der Waals surface area (Å²) in [6.45, 7) is 5.92. The first kappa shape index (κ1) is 20.6. The van der Waals surface area contributed by atoms with E-state index in [2.05, 4.69) is 19.2 Å². The number of piperidine rings is 1. The highest BCUT2D eigenvalue weighted by Gasteiger charge is 2.34. The fourth-order valence-corrected chi connectivity index (χ4v) is 6.56. The Morgan fingerprint density at radius 1 is 1.10 bits per heavy atom. The van der Waals surface area contributed by atoms with Gasteiger partial charge in [-0.05, 0) is 77.8 Å². The van der Waals surface area contributed by atoms with Gasteiger partial charge in [-0.25, -0.2) is 8.42 Å². The maximum Gasteiger partial charge on any atom is 0.254 e. The van der Waals surface area contributed by atoms with Crippen LogP contribution in [0.5, 0.6) is 0 Å². The molecule has 0 spiro atoms. The molecule has 1 aromatic heterocycles. The number of carbonyl (C=O) groups excluding carboxylic acids is 1. The quantitative estimate of drug-likeness (QED) is 0.687. The number of amides is 1. The Morgan fingerprint density at radius 3 is 2.31 bits per heavy atom. The zero-order valence-corrected chi connectivity index (χ0v) is 18.6. The molecule has 1 aliphatic carbocycles. The largest absolute Gasteiger partial charge is 0.331 e. The summed E-state index contributed by atoms with van der Waals surface area (Å²) >= 11 is 1.63. The van der Waals surface area contributed by atoms with Gasteiger partial charge in [-0.3, -0.25) is 4.79 Å². The van der Waals surface area contributed by atoms with Crippen LogP contribution < -0.4 is 0 Å². The molecular weight excluding hydrogens is 404 g/mol. The second-order valence-corrected chi connectivity index (χ2v) is 11.3. The molecule has 1 saturated carbocycles. The topological polar surface area (TPSA) is 57.7 Å². The SMILES string of the molecule is CC1CC(C)CN(S(=O)(=O)c2ccc(C(=O)N(Cc3ccsc3)C3CC3)cc2)C1.